The van der Waals surface area contributed by atoms with Gasteiger partial charge in [-0.1, -0.05) is 12.1 Å². The molecule has 144 valence electrons. The zero-order chi connectivity index (χ0) is 19.6. The number of rotatable bonds is 4. The van der Waals surface area contributed by atoms with Crippen LogP contribution in [0.15, 0.2) is 24.3 Å². The first-order chi connectivity index (χ1) is 12.7. The molecule has 2 aromatic rings. The second-order valence-corrected chi connectivity index (χ2v) is 6.30. The fourth-order valence-electron chi connectivity index (χ4n) is 2.92. The van der Waals surface area contributed by atoms with E-state index in [4.69, 9.17) is 5.73 Å². The molecule has 0 saturated carbocycles. The molecule has 0 bridgehead atoms. The minimum atomic E-state index is -4.48. The zero-order valence-electron chi connectivity index (χ0n) is 14.2. The SMILES string of the molecule is NC(=O)C1CCCN(C(=O)Cn2nnc(-c3cccc(C(F)(F)F)c3)n2)C1. The van der Waals surface area contributed by atoms with E-state index in [0.29, 0.717) is 19.4 Å². The summed E-state index contributed by atoms with van der Waals surface area (Å²) in [7, 11) is 0. The molecule has 1 aromatic carbocycles. The lowest BCUT2D eigenvalue weighted by Gasteiger charge is -2.30. The predicted octanol–water partition coefficient (Wildman–Crippen LogP) is 1.08. The van der Waals surface area contributed by atoms with Gasteiger partial charge in [0, 0.05) is 18.7 Å². The number of alkyl halides is 3. The Morgan fingerprint density at radius 2 is 2.07 bits per heavy atom. The molecule has 1 saturated heterocycles. The Morgan fingerprint density at radius 1 is 1.30 bits per heavy atom. The van der Waals surface area contributed by atoms with E-state index >= 15 is 0 Å². The van der Waals surface area contributed by atoms with Crippen LogP contribution >= 0.6 is 0 Å². The van der Waals surface area contributed by atoms with E-state index < -0.39 is 17.6 Å². The molecule has 1 aliphatic rings. The number of benzene rings is 1. The van der Waals surface area contributed by atoms with Crippen LogP contribution in [0.25, 0.3) is 11.4 Å². The van der Waals surface area contributed by atoms with Gasteiger partial charge in [-0.25, -0.2) is 0 Å². The van der Waals surface area contributed by atoms with Gasteiger partial charge in [-0.15, -0.1) is 10.2 Å². The molecular formula is C16H17F3N6O2. The minimum absolute atomic E-state index is 0.0115. The third kappa shape index (κ3) is 4.41. The van der Waals surface area contributed by atoms with Crippen LogP contribution < -0.4 is 5.73 Å². The van der Waals surface area contributed by atoms with Crippen molar-refractivity contribution in [3.05, 3.63) is 29.8 Å². The maximum atomic E-state index is 12.8. The van der Waals surface area contributed by atoms with E-state index in [9.17, 15) is 22.8 Å². The maximum Gasteiger partial charge on any atom is 0.416 e. The highest BCUT2D eigenvalue weighted by Crippen LogP contribution is 2.31. The van der Waals surface area contributed by atoms with Crippen molar-refractivity contribution in [3.8, 4) is 11.4 Å². The fourth-order valence-corrected chi connectivity index (χ4v) is 2.92. The average molecular weight is 382 g/mol. The van der Waals surface area contributed by atoms with E-state index in [-0.39, 0.29) is 36.3 Å². The van der Waals surface area contributed by atoms with Crippen LogP contribution in [0.4, 0.5) is 13.2 Å². The molecule has 1 unspecified atom stereocenters. The van der Waals surface area contributed by atoms with Crippen molar-refractivity contribution in [3.63, 3.8) is 0 Å². The first-order valence-electron chi connectivity index (χ1n) is 8.26. The summed E-state index contributed by atoms with van der Waals surface area (Å²) in [5.41, 5.74) is 4.62. The van der Waals surface area contributed by atoms with Crippen molar-refractivity contribution >= 4 is 11.8 Å². The molecule has 0 radical (unpaired) electrons. The number of likely N-dealkylation sites (tertiary alicyclic amines) is 1. The smallest absolute Gasteiger partial charge is 0.369 e. The van der Waals surface area contributed by atoms with E-state index in [1.165, 1.54) is 17.0 Å². The summed E-state index contributed by atoms with van der Waals surface area (Å²) in [5, 5.41) is 11.4. The Balaban J connectivity index is 1.69. The zero-order valence-corrected chi connectivity index (χ0v) is 14.2. The van der Waals surface area contributed by atoms with Crippen molar-refractivity contribution < 1.29 is 22.8 Å². The Labute approximate surface area is 152 Å². The van der Waals surface area contributed by atoms with Crippen LogP contribution in [0, 0.1) is 5.92 Å². The van der Waals surface area contributed by atoms with Crippen LogP contribution in [0.1, 0.15) is 18.4 Å². The van der Waals surface area contributed by atoms with E-state index in [2.05, 4.69) is 15.4 Å². The number of halogens is 3. The Kier molecular flexibility index (Phi) is 5.10. The van der Waals surface area contributed by atoms with Gasteiger partial charge < -0.3 is 10.6 Å². The van der Waals surface area contributed by atoms with Gasteiger partial charge in [0.05, 0.1) is 11.5 Å². The number of aromatic nitrogens is 4. The van der Waals surface area contributed by atoms with Crippen LogP contribution in [0.2, 0.25) is 0 Å². The third-order valence-electron chi connectivity index (χ3n) is 4.35. The monoisotopic (exact) mass is 382 g/mol. The number of nitrogens with zero attached hydrogens (tertiary/aromatic N) is 5. The summed E-state index contributed by atoms with van der Waals surface area (Å²) in [6, 6.07) is 4.55. The highest BCUT2D eigenvalue weighted by Gasteiger charge is 2.31. The molecule has 2 N–H and O–H groups in total. The summed E-state index contributed by atoms with van der Waals surface area (Å²) in [6.45, 7) is 0.512. The van der Waals surface area contributed by atoms with Crippen molar-refractivity contribution in [2.75, 3.05) is 13.1 Å². The Morgan fingerprint density at radius 3 is 2.78 bits per heavy atom. The van der Waals surface area contributed by atoms with Gasteiger partial charge in [0.15, 0.2) is 0 Å². The minimum Gasteiger partial charge on any atom is -0.369 e. The molecular weight excluding hydrogens is 365 g/mol. The van der Waals surface area contributed by atoms with E-state index in [1.807, 2.05) is 0 Å². The Hall–Kier alpha value is -2.98. The fraction of sp³-hybridized carbons (Fsp3) is 0.438. The van der Waals surface area contributed by atoms with Gasteiger partial charge in [0.1, 0.15) is 6.54 Å². The largest absolute Gasteiger partial charge is 0.416 e. The quantitative estimate of drug-likeness (QED) is 0.852. The lowest BCUT2D eigenvalue weighted by molar-refractivity contribution is -0.138. The maximum absolute atomic E-state index is 12.8. The lowest BCUT2D eigenvalue weighted by atomic mass is 9.97. The van der Waals surface area contributed by atoms with Gasteiger partial charge in [0.25, 0.3) is 0 Å². The first kappa shape index (κ1) is 18.8. The van der Waals surface area contributed by atoms with Gasteiger partial charge in [-0.3, -0.25) is 9.59 Å². The van der Waals surface area contributed by atoms with Crippen LogP contribution in [0.5, 0.6) is 0 Å². The molecule has 27 heavy (non-hydrogen) atoms. The summed E-state index contributed by atoms with van der Waals surface area (Å²) < 4.78 is 38.4. The van der Waals surface area contributed by atoms with Crippen LogP contribution in [0.3, 0.4) is 0 Å². The molecule has 0 aliphatic carbocycles. The second-order valence-electron chi connectivity index (χ2n) is 6.30. The number of carbonyl (C=O) groups is 2. The van der Waals surface area contributed by atoms with Gasteiger partial charge in [-0.05, 0) is 30.2 Å². The number of hydrogen-bond donors (Lipinski definition) is 1. The summed E-state index contributed by atoms with van der Waals surface area (Å²) in [4.78, 5) is 26.2. The molecule has 11 heteroatoms. The number of hydrogen-bond acceptors (Lipinski definition) is 5. The molecule has 1 atom stereocenters. The molecule has 2 heterocycles. The molecule has 0 spiro atoms. The van der Waals surface area contributed by atoms with Crippen molar-refractivity contribution in [1.82, 2.24) is 25.1 Å². The Bertz CT molecular complexity index is 851. The predicted molar refractivity (Wildman–Crippen MR) is 86.8 cm³/mol. The standard InChI is InChI=1S/C16H17F3N6O2/c17-16(18,19)12-5-1-3-10(7-12)15-21-23-25(22-15)9-13(26)24-6-2-4-11(8-24)14(20)27/h1,3,5,7,11H,2,4,6,8-9H2,(H2,20,27). The summed E-state index contributed by atoms with van der Waals surface area (Å²) in [6.07, 6.45) is -3.17. The van der Waals surface area contributed by atoms with Crippen molar-refractivity contribution in [1.29, 1.82) is 0 Å². The number of nitrogens with two attached hydrogens (primary N) is 1. The topological polar surface area (TPSA) is 107 Å². The van der Waals surface area contributed by atoms with E-state index in [1.54, 1.807) is 0 Å². The van der Waals surface area contributed by atoms with Crippen LogP contribution in [-0.2, 0) is 22.3 Å². The lowest BCUT2D eigenvalue weighted by Crippen LogP contribution is -2.45. The van der Waals surface area contributed by atoms with Gasteiger partial charge >= 0.3 is 6.18 Å². The number of primary amides is 1. The van der Waals surface area contributed by atoms with Gasteiger partial charge in [0.2, 0.25) is 17.6 Å². The number of amides is 2. The summed E-state index contributed by atoms with van der Waals surface area (Å²) >= 11 is 0. The average Bonchev–Trinajstić information content (AvgIpc) is 3.09. The molecule has 1 aliphatic heterocycles. The normalized spacial score (nSPS) is 17.7. The van der Waals surface area contributed by atoms with Crippen LogP contribution in [-0.4, -0.2) is 50.0 Å². The number of carbonyl (C=O) groups excluding carboxylic acids is 2. The highest BCUT2D eigenvalue weighted by molar-refractivity contribution is 5.80. The third-order valence-corrected chi connectivity index (χ3v) is 4.35. The number of tetrazole rings is 1. The summed E-state index contributed by atoms with van der Waals surface area (Å²) in [5.74, 6) is -1.15. The van der Waals surface area contributed by atoms with Crippen molar-refractivity contribution in [2.24, 2.45) is 11.7 Å². The highest BCUT2D eigenvalue weighted by atomic mass is 19.4. The molecule has 3 rings (SSSR count). The molecule has 2 amide bonds. The molecule has 8 nitrogen and oxygen atoms in total. The first-order valence-corrected chi connectivity index (χ1v) is 8.26. The number of piperidine rings is 1. The second kappa shape index (κ2) is 7.33. The van der Waals surface area contributed by atoms with Crippen molar-refractivity contribution in [2.45, 2.75) is 25.6 Å². The van der Waals surface area contributed by atoms with Gasteiger partial charge in [-0.2, -0.15) is 18.0 Å². The molecule has 1 aromatic heterocycles. The van der Waals surface area contributed by atoms with E-state index in [0.717, 1.165) is 16.9 Å². The molecule has 1 fully saturated rings.